The molecule has 0 spiro atoms. The van der Waals surface area contributed by atoms with E-state index < -0.39 is 5.91 Å². The van der Waals surface area contributed by atoms with Gasteiger partial charge in [0, 0.05) is 11.6 Å². The molecule has 1 N–H and O–H groups in total. The number of ether oxygens (including phenoxy) is 3. The Bertz CT molecular complexity index is 1410. The Kier molecular flexibility index (Phi) is 6.23. The van der Waals surface area contributed by atoms with E-state index in [0.717, 1.165) is 6.42 Å². The van der Waals surface area contributed by atoms with Gasteiger partial charge in [0.15, 0.2) is 17.1 Å². The fourth-order valence-electron chi connectivity index (χ4n) is 3.90. The number of nitriles is 1. The molecule has 1 atom stereocenters. The number of aromatic nitrogens is 3. The van der Waals surface area contributed by atoms with Gasteiger partial charge in [0.2, 0.25) is 5.75 Å². The lowest BCUT2D eigenvalue weighted by Crippen LogP contribution is -2.18. The van der Waals surface area contributed by atoms with Gasteiger partial charge in [-0.2, -0.15) is 5.26 Å². The molecule has 0 unspecified atom stereocenters. The van der Waals surface area contributed by atoms with Crippen LogP contribution in [0.2, 0.25) is 0 Å². The molecule has 9 heteroatoms. The number of anilines is 1. The highest BCUT2D eigenvalue weighted by Crippen LogP contribution is 2.39. The molecule has 0 saturated carbocycles. The second-order valence-corrected chi connectivity index (χ2v) is 7.72. The summed E-state index contributed by atoms with van der Waals surface area (Å²) in [5.41, 5.74) is 2.92. The van der Waals surface area contributed by atoms with Gasteiger partial charge in [-0.1, -0.05) is 19.1 Å². The summed E-state index contributed by atoms with van der Waals surface area (Å²) in [7, 11) is 4.46. The van der Waals surface area contributed by atoms with Gasteiger partial charge in [0.1, 0.15) is 23.0 Å². The number of hydrogen-bond donors (Lipinski definition) is 1. The Morgan fingerprint density at radius 3 is 2.24 bits per heavy atom. The molecule has 34 heavy (non-hydrogen) atoms. The van der Waals surface area contributed by atoms with E-state index in [0.29, 0.717) is 45.3 Å². The minimum absolute atomic E-state index is 0.0460. The average Bonchev–Trinajstić information content (AvgIpc) is 3.17. The highest BCUT2D eigenvalue weighted by atomic mass is 16.5. The van der Waals surface area contributed by atoms with Gasteiger partial charge < -0.3 is 24.1 Å². The van der Waals surface area contributed by atoms with E-state index in [9.17, 15) is 10.1 Å². The maximum Gasteiger partial charge on any atom is 0.257 e. The first-order chi connectivity index (χ1) is 16.5. The Hall–Kier alpha value is -4.32. The lowest BCUT2D eigenvalue weighted by Gasteiger charge is -2.18. The number of methoxy groups -OCH3 is 3. The fraction of sp³-hybridized carbons (Fsp3) is 0.280. The minimum atomic E-state index is -0.437. The molecule has 0 saturated heterocycles. The minimum Gasteiger partial charge on any atom is -0.493 e. The maximum atomic E-state index is 13.4. The normalized spacial score (nSPS) is 11.8. The van der Waals surface area contributed by atoms with Gasteiger partial charge >= 0.3 is 0 Å². The van der Waals surface area contributed by atoms with E-state index in [2.05, 4.69) is 11.4 Å². The van der Waals surface area contributed by atoms with Crippen molar-refractivity contribution in [1.29, 1.82) is 5.26 Å². The number of amides is 1. The molecule has 0 aliphatic carbocycles. The largest absolute Gasteiger partial charge is 0.493 e. The van der Waals surface area contributed by atoms with Crippen LogP contribution in [0.5, 0.6) is 17.2 Å². The number of para-hydroxylation sites is 2. The SMILES string of the molecule is CC[C@H](C)n1c(NC(=O)c2cc(OC)c(OC)c(OC)c2)c(C#N)c2nc3ccccc3nc21. The Labute approximate surface area is 196 Å². The van der Waals surface area contributed by atoms with Crippen molar-refractivity contribution in [2.75, 3.05) is 26.6 Å². The summed E-state index contributed by atoms with van der Waals surface area (Å²) in [6.07, 6.45) is 0.760. The summed E-state index contributed by atoms with van der Waals surface area (Å²) >= 11 is 0. The molecule has 0 aliphatic heterocycles. The monoisotopic (exact) mass is 459 g/mol. The van der Waals surface area contributed by atoms with Gasteiger partial charge in [-0.15, -0.1) is 0 Å². The summed E-state index contributed by atoms with van der Waals surface area (Å²) in [6, 6.07) is 12.8. The molecular formula is C25H25N5O4. The maximum absolute atomic E-state index is 13.4. The number of fused-ring (bicyclic) bond motifs is 2. The second kappa shape index (κ2) is 9.27. The molecule has 9 nitrogen and oxygen atoms in total. The molecule has 0 radical (unpaired) electrons. The van der Waals surface area contributed by atoms with Gasteiger partial charge in [-0.25, -0.2) is 9.97 Å². The molecule has 1 amide bonds. The molecule has 4 rings (SSSR count). The van der Waals surface area contributed by atoms with Crippen molar-refractivity contribution >= 4 is 33.9 Å². The van der Waals surface area contributed by atoms with Gasteiger partial charge in [-0.05, 0) is 37.6 Å². The van der Waals surface area contributed by atoms with Crippen LogP contribution in [0.4, 0.5) is 5.82 Å². The summed E-state index contributed by atoms with van der Waals surface area (Å²) in [4.78, 5) is 22.8. The van der Waals surface area contributed by atoms with E-state index >= 15 is 0 Å². The molecule has 174 valence electrons. The van der Waals surface area contributed by atoms with Gasteiger partial charge in [0.25, 0.3) is 5.91 Å². The third-order valence-electron chi connectivity index (χ3n) is 5.80. The predicted molar refractivity (Wildman–Crippen MR) is 129 cm³/mol. The molecule has 4 aromatic rings. The Balaban J connectivity index is 1.90. The lowest BCUT2D eigenvalue weighted by molar-refractivity contribution is 0.102. The highest BCUT2D eigenvalue weighted by Gasteiger charge is 2.26. The summed E-state index contributed by atoms with van der Waals surface area (Å²) in [5.74, 6) is 0.996. The first-order valence-electron chi connectivity index (χ1n) is 10.8. The third-order valence-corrected chi connectivity index (χ3v) is 5.80. The lowest BCUT2D eigenvalue weighted by atomic mass is 10.1. The van der Waals surface area contributed by atoms with Crippen LogP contribution in [0.3, 0.4) is 0 Å². The van der Waals surface area contributed by atoms with Crippen LogP contribution in [0, 0.1) is 11.3 Å². The van der Waals surface area contributed by atoms with Crippen molar-refractivity contribution in [3.8, 4) is 23.3 Å². The number of hydrogen-bond acceptors (Lipinski definition) is 7. The number of nitrogens with zero attached hydrogens (tertiary/aromatic N) is 4. The third kappa shape index (κ3) is 3.73. The smallest absolute Gasteiger partial charge is 0.257 e. The number of rotatable bonds is 7. The van der Waals surface area contributed by atoms with Crippen molar-refractivity contribution in [3.63, 3.8) is 0 Å². The Morgan fingerprint density at radius 2 is 1.71 bits per heavy atom. The van der Waals surface area contributed by atoms with Crippen molar-refractivity contribution in [1.82, 2.24) is 14.5 Å². The van der Waals surface area contributed by atoms with Crippen LogP contribution in [0.15, 0.2) is 36.4 Å². The number of nitrogens with one attached hydrogen (secondary N) is 1. The summed E-state index contributed by atoms with van der Waals surface area (Å²) in [5, 5.41) is 12.9. The zero-order chi connectivity index (χ0) is 24.4. The standard InChI is InChI=1S/C25H25N5O4/c1-6-14(2)30-23(16(13-26)21-24(30)28-18-10-8-7-9-17(18)27-21)29-25(31)15-11-19(32-3)22(34-5)20(12-15)33-4/h7-12,14H,6H2,1-5H3,(H,29,31)/t14-/m0/s1. The zero-order valence-corrected chi connectivity index (χ0v) is 19.7. The van der Waals surface area contributed by atoms with E-state index in [1.54, 1.807) is 12.1 Å². The first kappa shape index (κ1) is 22.9. The van der Waals surface area contributed by atoms with Crippen molar-refractivity contribution in [2.24, 2.45) is 0 Å². The zero-order valence-electron chi connectivity index (χ0n) is 19.7. The van der Waals surface area contributed by atoms with Gasteiger partial charge in [0.05, 0.1) is 32.4 Å². The number of benzene rings is 2. The van der Waals surface area contributed by atoms with Crippen LogP contribution >= 0.6 is 0 Å². The van der Waals surface area contributed by atoms with Gasteiger partial charge in [-0.3, -0.25) is 4.79 Å². The number of carbonyl (C=O) groups is 1. The predicted octanol–water partition coefficient (Wildman–Crippen LogP) is 4.71. The van der Waals surface area contributed by atoms with Crippen molar-refractivity contribution < 1.29 is 19.0 Å². The molecule has 0 fully saturated rings. The first-order valence-corrected chi connectivity index (χ1v) is 10.8. The van der Waals surface area contributed by atoms with E-state index in [-0.39, 0.29) is 17.2 Å². The van der Waals surface area contributed by atoms with Crippen LogP contribution in [-0.2, 0) is 0 Å². The summed E-state index contributed by atoms with van der Waals surface area (Å²) < 4.78 is 18.0. The second-order valence-electron chi connectivity index (χ2n) is 7.72. The van der Waals surface area contributed by atoms with E-state index in [1.165, 1.54) is 21.3 Å². The molecule has 2 heterocycles. The molecule has 2 aromatic heterocycles. The summed E-state index contributed by atoms with van der Waals surface area (Å²) in [6.45, 7) is 4.04. The van der Waals surface area contributed by atoms with Crippen LogP contribution in [0.25, 0.3) is 22.2 Å². The topological polar surface area (TPSA) is 111 Å². The van der Waals surface area contributed by atoms with Crippen LogP contribution in [-0.4, -0.2) is 41.8 Å². The Morgan fingerprint density at radius 1 is 1.09 bits per heavy atom. The van der Waals surface area contributed by atoms with E-state index in [4.69, 9.17) is 24.2 Å². The van der Waals surface area contributed by atoms with Crippen molar-refractivity contribution in [2.45, 2.75) is 26.3 Å². The van der Waals surface area contributed by atoms with Crippen LogP contribution in [0.1, 0.15) is 42.2 Å². The quantitative estimate of drug-likeness (QED) is 0.426. The van der Waals surface area contributed by atoms with Crippen LogP contribution < -0.4 is 19.5 Å². The number of carbonyl (C=O) groups excluding carboxylic acids is 1. The molecule has 0 aliphatic rings. The molecule has 2 aromatic carbocycles. The fourth-order valence-corrected chi connectivity index (χ4v) is 3.90. The average molecular weight is 460 g/mol. The molecule has 0 bridgehead atoms. The molecular weight excluding hydrogens is 434 g/mol. The highest BCUT2D eigenvalue weighted by molar-refractivity contribution is 6.07. The van der Waals surface area contributed by atoms with E-state index in [1.807, 2.05) is 42.7 Å². The van der Waals surface area contributed by atoms with Crippen molar-refractivity contribution in [3.05, 3.63) is 47.5 Å².